The molecule has 1 aliphatic carbocycles. The number of allylic oxidation sites excluding steroid dienone is 1. The van der Waals surface area contributed by atoms with Gasteiger partial charge in [0.2, 0.25) is 0 Å². The Morgan fingerprint density at radius 1 is 1.29 bits per heavy atom. The summed E-state index contributed by atoms with van der Waals surface area (Å²) in [4.78, 5) is 14.8. The molecule has 1 atom stereocenters. The Morgan fingerprint density at radius 3 is 3.00 bits per heavy atom. The molecule has 1 aromatic heterocycles. The normalized spacial score (nSPS) is 16.4. The number of aromatic nitrogens is 1. The second-order valence-corrected chi connectivity index (χ2v) is 7.42. The van der Waals surface area contributed by atoms with Gasteiger partial charge in [-0.1, -0.05) is 36.4 Å². The Kier molecular flexibility index (Phi) is 5.31. The molecule has 0 radical (unpaired) electrons. The van der Waals surface area contributed by atoms with Crippen molar-refractivity contribution in [2.45, 2.75) is 32.2 Å². The van der Waals surface area contributed by atoms with Crippen LogP contribution in [0.4, 0.5) is 0 Å². The monoisotopic (exact) mass is 374 g/mol. The maximum atomic E-state index is 11.5. The molecular weight excluding hydrogens is 348 g/mol. The van der Waals surface area contributed by atoms with Crippen LogP contribution in [0.5, 0.6) is 0 Å². The van der Waals surface area contributed by atoms with Gasteiger partial charge in [-0.3, -0.25) is 0 Å². The first-order chi connectivity index (χ1) is 13.7. The average molecular weight is 374 g/mol. The number of para-hydroxylation sites is 1. The lowest BCUT2D eigenvalue weighted by Crippen LogP contribution is -2.21. The van der Waals surface area contributed by atoms with Gasteiger partial charge in [-0.15, -0.1) is 0 Å². The van der Waals surface area contributed by atoms with Crippen molar-refractivity contribution in [2.24, 2.45) is 0 Å². The van der Waals surface area contributed by atoms with E-state index in [1.54, 1.807) is 6.08 Å². The van der Waals surface area contributed by atoms with Crippen molar-refractivity contribution in [3.8, 4) is 0 Å². The van der Waals surface area contributed by atoms with Crippen molar-refractivity contribution < 1.29 is 9.53 Å². The number of carbonyl (C=O) groups excluding carboxylic acids is 1. The van der Waals surface area contributed by atoms with Crippen LogP contribution in [0.25, 0.3) is 16.5 Å². The largest absolute Gasteiger partial charge is 0.466 e. The lowest BCUT2D eigenvalue weighted by Gasteiger charge is -2.14. The van der Waals surface area contributed by atoms with Crippen molar-refractivity contribution in [1.82, 2.24) is 10.3 Å². The summed E-state index contributed by atoms with van der Waals surface area (Å²) in [6.45, 7) is 2.90. The number of rotatable bonds is 6. The van der Waals surface area contributed by atoms with Crippen LogP contribution in [0.2, 0.25) is 0 Å². The minimum Gasteiger partial charge on any atom is -0.466 e. The summed E-state index contributed by atoms with van der Waals surface area (Å²) in [5, 5.41) is 5.04. The Labute approximate surface area is 165 Å². The number of nitrogens with one attached hydrogen (secondary N) is 2. The molecule has 1 aliphatic rings. The van der Waals surface area contributed by atoms with Crippen LogP contribution < -0.4 is 5.32 Å². The molecule has 0 saturated carbocycles. The van der Waals surface area contributed by atoms with Crippen molar-refractivity contribution in [1.29, 1.82) is 0 Å². The van der Waals surface area contributed by atoms with Crippen LogP contribution in [-0.2, 0) is 22.4 Å². The predicted octanol–water partition coefficient (Wildman–Crippen LogP) is 4.56. The van der Waals surface area contributed by atoms with Gasteiger partial charge in [0.15, 0.2) is 0 Å². The number of aromatic amines is 1. The van der Waals surface area contributed by atoms with E-state index in [1.807, 2.05) is 6.92 Å². The molecule has 28 heavy (non-hydrogen) atoms. The lowest BCUT2D eigenvalue weighted by atomic mass is 10.00. The van der Waals surface area contributed by atoms with Gasteiger partial charge in [0.05, 0.1) is 7.11 Å². The average Bonchev–Trinajstić information content (AvgIpc) is 3.32. The third-order valence-electron chi connectivity index (χ3n) is 5.67. The third-order valence-corrected chi connectivity index (χ3v) is 5.67. The standard InChI is InChI=1S/C24H26N2O2/c1-16(13-24(27)28-2)17-7-9-21-18(14-17)8-10-23(21)25-12-11-19-15-26-22-6-4-3-5-20(19)22/h3-7,9,13-15,23,25-26H,8,10-12H2,1-2H3/b16-13+. The number of H-pyrrole nitrogens is 1. The molecule has 144 valence electrons. The summed E-state index contributed by atoms with van der Waals surface area (Å²) in [7, 11) is 1.40. The van der Waals surface area contributed by atoms with Gasteiger partial charge in [-0.25, -0.2) is 4.79 Å². The number of ether oxygens (including phenoxy) is 1. The number of hydrogen-bond acceptors (Lipinski definition) is 3. The molecule has 0 bridgehead atoms. The molecule has 4 heteroatoms. The molecule has 2 N–H and O–H groups in total. The Balaban J connectivity index is 1.41. The van der Waals surface area contributed by atoms with Crippen LogP contribution in [0.15, 0.2) is 54.7 Å². The van der Waals surface area contributed by atoms with E-state index < -0.39 is 0 Å². The summed E-state index contributed by atoms with van der Waals surface area (Å²) >= 11 is 0. The van der Waals surface area contributed by atoms with E-state index in [9.17, 15) is 4.79 Å². The van der Waals surface area contributed by atoms with Crippen LogP contribution in [-0.4, -0.2) is 24.6 Å². The van der Waals surface area contributed by atoms with Gasteiger partial charge < -0.3 is 15.0 Å². The number of hydrogen-bond donors (Lipinski definition) is 2. The van der Waals surface area contributed by atoms with E-state index in [0.717, 1.165) is 36.9 Å². The molecule has 1 unspecified atom stereocenters. The fourth-order valence-electron chi connectivity index (χ4n) is 4.11. The number of aryl methyl sites for hydroxylation is 1. The molecule has 0 aliphatic heterocycles. The maximum Gasteiger partial charge on any atom is 0.330 e. The van der Waals surface area contributed by atoms with Crippen LogP contribution in [0.3, 0.4) is 0 Å². The lowest BCUT2D eigenvalue weighted by molar-refractivity contribution is -0.134. The van der Waals surface area contributed by atoms with Gasteiger partial charge >= 0.3 is 5.97 Å². The number of methoxy groups -OCH3 is 1. The molecule has 3 aromatic rings. The second-order valence-electron chi connectivity index (χ2n) is 7.42. The predicted molar refractivity (Wildman–Crippen MR) is 113 cm³/mol. The summed E-state index contributed by atoms with van der Waals surface area (Å²) in [5.74, 6) is -0.310. The molecule has 0 spiro atoms. The zero-order valence-corrected chi connectivity index (χ0v) is 16.4. The molecule has 2 aromatic carbocycles. The van der Waals surface area contributed by atoms with Gasteiger partial charge in [0.25, 0.3) is 0 Å². The first-order valence-electron chi connectivity index (χ1n) is 9.83. The molecule has 4 nitrogen and oxygen atoms in total. The zero-order valence-electron chi connectivity index (χ0n) is 16.4. The van der Waals surface area contributed by atoms with E-state index >= 15 is 0 Å². The number of esters is 1. The van der Waals surface area contributed by atoms with E-state index in [2.05, 4.69) is 59.0 Å². The fraction of sp³-hybridized carbons (Fsp3) is 0.292. The number of benzene rings is 2. The van der Waals surface area contributed by atoms with E-state index in [0.29, 0.717) is 6.04 Å². The zero-order chi connectivity index (χ0) is 19.5. The summed E-state index contributed by atoms with van der Waals surface area (Å²) in [5.41, 5.74) is 7.34. The molecule has 0 saturated heterocycles. The molecule has 1 heterocycles. The van der Waals surface area contributed by atoms with Gasteiger partial charge in [-0.05, 0) is 66.6 Å². The van der Waals surface area contributed by atoms with E-state index in [4.69, 9.17) is 4.74 Å². The van der Waals surface area contributed by atoms with E-state index in [1.165, 1.54) is 34.7 Å². The number of carbonyl (C=O) groups is 1. The number of fused-ring (bicyclic) bond motifs is 2. The van der Waals surface area contributed by atoms with Crippen LogP contribution >= 0.6 is 0 Å². The highest BCUT2D eigenvalue weighted by Gasteiger charge is 2.22. The smallest absolute Gasteiger partial charge is 0.330 e. The highest BCUT2D eigenvalue weighted by Crippen LogP contribution is 2.33. The van der Waals surface area contributed by atoms with Crippen LogP contribution in [0, 0.1) is 0 Å². The van der Waals surface area contributed by atoms with Crippen molar-refractivity contribution in [3.63, 3.8) is 0 Å². The van der Waals surface area contributed by atoms with E-state index in [-0.39, 0.29) is 5.97 Å². The second kappa shape index (κ2) is 8.03. The first kappa shape index (κ1) is 18.5. The maximum absolute atomic E-state index is 11.5. The van der Waals surface area contributed by atoms with Gasteiger partial charge in [-0.2, -0.15) is 0 Å². The van der Waals surface area contributed by atoms with Crippen molar-refractivity contribution >= 4 is 22.4 Å². The molecule has 0 amide bonds. The summed E-state index contributed by atoms with van der Waals surface area (Å²) < 4.78 is 4.73. The Hall–Kier alpha value is -2.85. The first-order valence-corrected chi connectivity index (χ1v) is 9.83. The SMILES string of the molecule is COC(=O)/C=C(\C)c1ccc2c(c1)CCC2NCCc1c[nH]c2ccccc12. The topological polar surface area (TPSA) is 54.1 Å². The molecule has 4 rings (SSSR count). The fourth-order valence-corrected chi connectivity index (χ4v) is 4.11. The minimum atomic E-state index is -0.310. The highest BCUT2D eigenvalue weighted by atomic mass is 16.5. The van der Waals surface area contributed by atoms with Crippen molar-refractivity contribution in [2.75, 3.05) is 13.7 Å². The summed E-state index contributed by atoms with van der Waals surface area (Å²) in [6, 6.07) is 15.4. The van der Waals surface area contributed by atoms with Crippen molar-refractivity contribution in [3.05, 3.63) is 77.0 Å². The van der Waals surface area contributed by atoms with Gasteiger partial charge in [0.1, 0.15) is 0 Å². The quantitative estimate of drug-likeness (QED) is 0.491. The molecule has 0 fully saturated rings. The Bertz CT molecular complexity index is 1030. The highest BCUT2D eigenvalue weighted by molar-refractivity contribution is 5.90. The molecular formula is C24H26N2O2. The third kappa shape index (κ3) is 3.73. The minimum absolute atomic E-state index is 0.310. The Morgan fingerprint density at radius 2 is 2.14 bits per heavy atom. The summed E-state index contributed by atoms with van der Waals surface area (Å²) in [6.07, 6.45) is 6.87. The van der Waals surface area contributed by atoms with Gasteiger partial charge in [0, 0.05) is 29.2 Å². The van der Waals surface area contributed by atoms with Crippen LogP contribution in [0.1, 0.15) is 41.6 Å².